The van der Waals surface area contributed by atoms with Crippen molar-refractivity contribution >= 4 is 5.78 Å². The first-order chi connectivity index (χ1) is 6.37. The highest BCUT2D eigenvalue weighted by atomic mass is 16.8. The number of ketones is 1. The molecule has 5 nitrogen and oxygen atoms in total. The van der Waals surface area contributed by atoms with E-state index in [0.29, 0.717) is 0 Å². The average Bonchev–Trinajstić information content (AvgIpc) is 2.40. The number of Topliss-reactive ketones (excluding diaryl/α,β-unsaturated/α-hetero) is 1. The first-order valence-electron chi connectivity index (χ1n) is 4.52. The molecule has 1 aliphatic rings. The third-order valence-corrected chi connectivity index (χ3v) is 2.10. The zero-order chi connectivity index (χ0) is 10.9. The molecule has 1 heterocycles. The molecule has 3 atom stereocenters. The Balaban J connectivity index is 2.77. The number of rotatable bonds is 3. The van der Waals surface area contributed by atoms with Crippen LogP contribution in [0.25, 0.3) is 0 Å². The molecular weight excluding hydrogens is 188 g/mol. The maximum Gasteiger partial charge on any atom is 0.164 e. The normalized spacial score (nSPS) is 32.9. The number of hydrogen-bond donors (Lipinski definition) is 2. The highest BCUT2D eigenvalue weighted by Gasteiger charge is 2.46. The lowest BCUT2D eigenvalue weighted by Crippen LogP contribution is -2.40. The third-order valence-electron chi connectivity index (χ3n) is 2.10. The topological polar surface area (TPSA) is 76.0 Å². The summed E-state index contributed by atoms with van der Waals surface area (Å²) in [5.41, 5.74) is 0. The first kappa shape index (κ1) is 11.6. The van der Waals surface area contributed by atoms with Gasteiger partial charge in [0.2, 0.25) is 0 Å². The Kier molecular flexibility index (Phi) is 3.26. The molecule has 0 aromatic carbocycles. The standard InChI is InChI=1S/C9H16O5/c1-5(11)7-8(6(12)4-10)14-9(2,3)13-7/h6-8,10,12H,4H2,1-3H3/t6-,7-,8+/m0/s1. The van der Waals surface area contributed by atoms with Crippen molar-refractivity contribution < 1.29 is 24.5 Å². The lowest BCUT2D eigenvalue weighted by atomic mass is 10.1. The molecule has 1 fully saturated rings. The molecule has 1 saturated heterocycles. The molecule has 0 amide bonds. The van der Waals surface area contributed by atoms with Gasteiger partial charge in [0.05, 0.1) is 6.61 Å². The molecule has 1 aliphatic heterocycles. The highest BCUT2D eigenvalue weighted by Crippen LogP contribution is 2.30. The van der Waals surface area contributed by atoms with Crippen LogP contribution in [0.1, 0.15) is 20.8 Å². The van der Waals surface area contributed by atoms with Gasteiger partial charge in [0.25, 0.3) is 0 Å². The van der Waals surface area contributed by atoms with E-state index in [2.05, 4.69) is 0 Å². The summed E-state index contributed by atoms with van der Waals surface area (Å²) in [5.74, 6) is -1.11. The Morgan fingerprint density at radius 2 is 2.07 bits per heavy atom. The van der Waals surface area contributed by atoms with Crippen molar-refractivity contribution in [3.05, 3.63) is 0 Å². The van der Waals surface area contributed by atoms with Crippen LogP contribution in [0.3, 0.4) is 0 Å². The summed E-state index contributed by atoms with van der Waals surface area (Å²) < 4.78 is 10.6. The Hall–Kier alpha value is -0.490. The Bertz CT molecular complexity index is 225. The van der Waals surface area contributed by atoms with Gasteiger partial charge in [0, 0.05) is 0 Å². The minimum atomic E-state index is -1.09. The van der Waals surface area contributed by atoms with E-state index in [9.17, 15) is 9.90 Å². The second kappa shape index (κ2) is 3.94. The molecule has 0 aromatic heterocycles. The van der Waals surface area contributed by atoms with Gasteiger partial charge < -0.3 is 19.7 Å². The van der Waals surface area contributed by atoms with Gasteiger partial charge in [-0.25, -0.2) is 0 Å². The van der Waals surface area contributed by atoms with E-state index in [1.807, 2.05) is 0 Å². The second-order valence-corrected chi connectivity index (χ2v) is 3.88. The number of aliphatic hydroxyl groups excluding tert-OH is 2. The zero-order valence-corrected chi connectivity index (χ0v) is 8.56. The summed E-state index contributed by atoms with van der Waals surface area (Å²) in [6.07, 6.45) is -2.68. The monoisotopic (exact) mass is 204 g/mol. The maximum absolute atomic E-state index is 11.2. The molecule has 0 radical (unpaired) electrons. The van der Waals surface area contributed by atoms with Crippen molar-refractivity contribution in [2.45, 2.75) is 44.9 Å². The first-order valence-corrected chi connectivity index (χ1v) is 4.52. The SMILES string of the molecule is CC(=O)[C@@H]1OC(C)(C)O[C@@H]1[C@@H](O)CO. The van der Waals surface area contributed by atoms with E-state index in [1.54, 1.807) is 13.8 Å². The van der Waals surface area contributed by atoms with Gasteiger partial charge in [-0.1, -0.05) is 0 Å². The maximum atomic E-state index is 11.2. The molecule has 2 N–H and O–H groups in total. The van der Waals surface area contributed by atoms with Crippen molar-refractivity contribution in [2.24, 2.45) is 0 Å². The largest absolute Gasteiger partial charge is 0.394 e. The Morgan fingerprint density at radius 1 is 1.50 bits per heavy atom. The predicted molar refractivity (Wildman–Crippen MR) is 47.6 cm³/mol. The van der Waals surface area contributed by atoms with Gasteiger partial charge in [-0.2, -0.15) is 0 Å². The van der Waals surface area contributed by atoms with Gasteiger partial charge in [0.1, 0.15) is 18.3 Å². The Morgan fingerprint density at radius 3 is 2.50 bits per heavy atom. The number of carbonyl (C=O) groups excluding carboxylic acids is 1. The molecular formula is C9H16O5. The van der Waals surface area contributed by atoms with Crippen LogP contribution < -0.4 is 0 Å². The summed E-state index contributed by atoms with van der Waals surface area (Å²) in [6, 6.07) is 0. The van der Waals surface area contributed by atoms with Crippen molar-refractivity contribution in [3.8, 4) is 0 Å². The molecule has 0 aliphatic carbocycles. The fourth-order valence-corrected chi connectivity index (χ4v) is 1.49. The zero-order valence-electron chi connectivity index (χ0n) is 8.56. The molecule has 14 heavy (non-hydrogen) atoms. The van der Waals surface area contributed by atoms with Gasteiger partial charge in [0.15, 0.2) is 11.6 Å². The number of hydrogen-bond acceptors (Lipinski definition) is 5. The second-order valence-electron chi connectivity index (χ2n) is 3.88. The summed E-state index contributed by atoms with van der Waals surface area (Å²) >= 11 is 0. The summed E-state index contributed by atoms with van der Waals surface area (Å²) in [4.78, 5) is 11.2. The quantitative estimate of drug-likeness (QED) is 0.645. The molecule has 0 spiro atoms. The fraction of sp³-hybridized carbons (Fsp3) is 0.889. The van der Waals surface area contributed by atoms with E-state index in [1.165, 1.54) is 6.92 Å². The third kappa shape index (κ3) is 2.30. The average molecular weight is 204 g/mol. The van der Waals surface area contributed by atoms with Gasteiger partial charge in [-0.15, -0.1) is 0 Å². The van der Waals surface area contributed by atoms with Gasteiger partial charge in [-0.05, 0) is 20.8 Å². The van der Waals surface area contributed by atoms with Crippen molar-refractivity contribution in [2.75, 3.05) is 6.61 Å². The van der Waals surface area contributed by atoms with E-state index in [0.717, 1.165) is 0 Å². The molecule has 82 valence electrons. The minimum absolute atomic E-state index is 0.215. The van der Waals surface area contributed by atoms with E-state index in [4.69, 9.17) is 14.6 Å². The van der Waals surface area contributed by atoms with Crippen LogP contribution >= 0.6 is 0 Å². The number of aliphatic hydroxyl groups is 2. The van der Waals surface area contributed by atoms with Crippen LogP contribution in [0.4, 0.5) is 0 Å². The smallest absolute Gasteiger partial charge is 0.164 e. The molecule has 0 unspecified atom stereocenters. The summed E-state index contributed by atoms with van der Waals surface area (Å²) in [7, 11) is 0. The Labute approximate surface area is 82.6 Å². The summed E-state index contributed by atoms with van der Waals surface area (Å²) in [6.45, 7) is 4.24. The molecule has 0 bridgehead atoms. The van der Waals surface area contributed by atoms with Crippen LogP contribution in [0.15, 0.2) is 0 Å². The molecule has 5 heteroatoms. The van der Waals surface area contributed by atoms with Crippen molar-refractivity contribution in [1.82, 2.24) is 0 Å². The van der Waals surface area contributed by atoms with E-state index in [-0.39, 0.29) is 5.78 Å². The van der Waals surface area contributed by atoms with Gasteiger partial charge in [-0.3, -0.25) is 4.79 Å². The highest BCUT2D eigenvalue weighted by molar-refractivity contribution is 5.81. The van der Waals surface area contributed by atoms with Crippen LogP contribution in [0.2, 0.25) is 0 Å². The molecule has 1 rings (SSSR count). The lowest BCUT2D eigenvalue weighted by Gasteiger charge is -2.19. The van der Waals surface area contributed by atoms with Crippen LogP contribution in [-0.2, 0) is 14.3 Å². The van der Waals surface area contributed by atoms with Crippen molar-refractivity contribution in [1.29, 1.82) is 0 Å². The van der Waals surface area contributed by atoms with E-state index >= 15 is 0 Å². The summed E-state index contributed by atoms with van der Waals surface area (Å²) in [5, 5.41) is 18.2. The van der Waals surface area contributed by atoms with Crippen molar-refractivity contribution in [3.63, 3.8) is 0 Å². The lowest BCUT2D eigenvalue weighted by molar-refractivity contribution is -0.160. The molecule has 0 aromatic rings. The van der Waals surface area contributed by atoms with Crippen LogP contribution in [-0.4, -0.2) is 46.7 Å². The fourth-order valence-electron chi connectivity index (χ4n) is 1.49. The predicted octanol–water partition coefficient (Wildman–Crippen LogP) is -0.551. The molecule has 0 saturated carbocycles. The number of ether oxygens (including phenoxy) is 2. The minimum Gasteiger partial charge on any atom is -0.394 e. The number of carbonyl (C=O) groups is 1. The van der Waals surface area contributed by atoms with Crippen LogP contribution in [0.5, 0.6) is 0 Å². The van der Waals surface area contributed by atoms with Gasteiger partial charge >= 0.3 is 0 Å². The van der Waals surface area contributed by atoms with Crippen LogP contribution in [0, 0.1) is 0 Å². The van der Waals surface area contributed by atoms with E-state index < -0.39 is 30.7 Å².